The lowest BCUT2D eigenvalue weighted by molar-refractivity contribution is -0.145. The lowest BCUT2D eigenvalue weighted by Crippen LogP contribution is -2.40. The van der Waals surface area contributed by atoms with E-state index in [9.17, 15) is 4.79 Å². The number of methoxy groups -OCH3 is 1. The number of rotatable bonds is 5. The van der Waals surface area contributed by atoms with Gasteiger partial charge in [0.1, 0.15) is 0 Å². The van der Waals surface area contributed by atoms with Gasteiger partial charge in [-0.05, 0) is 17.0 Å². The van der Waals surface area contributed by atoms with Crippen LogP contribution in [0.1, 0.15) is 18.1 Å². The Kier molecular flexibility index (Phi) is 9.64. The Morgan fingerprint density at radius 1 is 1.21 bits per heavy atom. The second-order valence-corrected chi connectivity index (χ2v) is 7.62. The Morgan fingerprint density at radius 2 is 1.86 bits per heavy atom. The van der Waals surface area contributed by atoms with Crippen LogP contribution < -0.4 is 5.32 Å². The van der Waals surface area contributed by atoms with E-state index in [2.05, 4.69) is 51.3 Å². The molecule has 0 radical (unpaired) electrons. The van der Waals surface area contributed by atoms with Crippen LogP contribution in [0, 0.1) is 11.8 Å². The molecule has 1 aromatic rings. The molecule has 8 heteroatoms. The highest BCUT2D eigenvalue weighted by Gasteiger charge is 2.36. The van der Waals surface area contributed by atoms with Gasteiger partial charge in [0, 0.05) is 46.3 Å². The van der Waals surface area contributed by atoms with Crippen molar-refractivity contribution in [1.29, 1.82) is 0 Å². The van der Waals surface area contributed by atoms with Crippen LogP contribution in [0.25, 0.3) is 0 Å². The number of carbonyl (C=O) groups excluding carboxylic acids is 1. The highest BCUT2D eigenvalue weighted by atomic mass is 127. The summed E-state index contributed by atoms with van der Waals surface area (Å²) in [7, 11) is 3.23. The fourth-order valence-corrected chi connectivity index (χ4v) is 3.89. The largest absolute Gasteiger partial charge is 0.469 e. The van der Waals surface area contributed by atoms with E-state index in [1.807, 2.05) is 0 Å². The van der Waals surface area contributed by atoms with Crippen LogP contribution in [-0.4, -0.2) is 75.3 Å². The zero-order chi connectivity index (χ0) is 19.9. The lowest BCUT2D eigenvalue weighted by atomic mass is 9.99. The molecule has 1 aromatic carbocycles. The average molecular weight is 516 g/mol. The molecule has 29 heavy (non-hydrogen) atoms. The Labute approximate surface area is 190 Å². The number of morpholine rings is 1. The van der Waals surface area contributed by atoms with Crippen molar-refractivity contribution in [1.82, 2.24) is 15.1 Å². The van der Waals surface area contributed by atoms with Crippen LogP contribution in [0.2, 0.25) is 0 Å². The van der Waals surface area contributed by atoms with Gasteiger partial charge in [0.25, 0.3) is 0 Å². The molecular formula is C21H33IN4O3. The molecule has 162 valence electrons. The fourth-order valence-electron chi connectivity index (χ4n) is 3.89. The summed E-state index contributed by atoms with van der Waals surface area (Å²) >= 11 is 0. The molecule has 2 aliphatic rings. The molecule has 0 saturated carbocycles. The molecule has 7 nitrogen and oxygen atoms in total. The van der Waals surface area contributed by atoms with Gasteiger partial charge in [0.2, 0.25) is 0 Å². The number of ether oxygens (including phenoxy) is 2. The van der Waals surface area contributed by atoms with E-state index in [-0.39, 0.29) is 41.8 Å². The van der Waals surface area contributed by atoms with Crippen molar-refractivity contribution >= 4 is 35.9 Å². The second kappa shape index (κ2) is 11.7. The maximum atomic E-state index is 11.9. The Balaban J connectivity index is 0.00000300. The van der Waals surface area contributed by atoms with E-state index in [4.69, 9.17) is 9.47 Å². The number of guanidine groups is 1. The van der Waals surface area contributed by atoms with Crippen LogP contribution in [0.5, 0.6) is 0 Å². The van der Waals surface area contributed by atoms with Crippen molar-refractivity contribution in [2.24, 2.45) is 16.8 Å². The summed E-state index contributed by atoms with van der Waals surface area (Å²) in [6, 6.07) is 8.72. The van der Waals surface area contributed by atoms with Crippen molar-refractivity contribution < 1.29 is 14.3 Å². The standard InChI is InChI=1S/C21H32N4O3.HI/c1-16-13-25(15-19(16)20(26)27-3)21(22-2)23-12-17-4-6-18(7-5-17)14-24-8-10-28-11-9-24;/h4-7,16,19H,8-15H2,1-3H3,(H,22,23);1H. The summed E-state index contributed by atoms with van der Waals surface area (Å²) in [6.45, 7) is 8.87. The summed E-state index contributed by atoms with van der Waals surface area (Å²) in [5.41, 5.74) is 2.54. The number of halogens is 1. The monoisotopic (exact) mass is 516 g/mol. The second-order valence-electron chi connectivity index (χ2n) is 7.62. The Morgan fingerprint density at radius 3 is 2.48 bits per heavy atom. The molecule has 1 N–H and O–H groups in total. The minimum Gasteiger partial charge on any atom is -0.469 e. The number of carbonyl (C=O) groups is 1. The maximum absolute atomic E-state index is 11.9. The molecule has 2 fully saturated rings. The molecule has 0 aliphatic carbocycles. The topological polar surface area (TPSA) is 66.4 Å². The van der Waals surface area contributed by atoms with E-state index < -0.39 is 0 Å². The third-order valence-corrected chi connectivity index (χ3v) is 5.61. The Hall–Kier alpha value is -1.39. The lowest BCUT2D eigenvalue weighted by Gasteiger charge is -2.26. The summed E-state index contributed by atoms with van der Waals surface area (Å²) in [4.78, 5) is 20.9. The number of hydrogen-bond donors (Lipinski definition) is 1. The number of nitrogens with one attached hydrogen (secondary N) is 1. The quantitative estimate of drug-likeness (QED) is 0.280. The van der Waals surface area contributed by atoms with E-state index >= 15 is 0 Å². The SMILES string of the molecule is CN=C(NCc1ccc(CN2CCOCC2)cc1)N1CC(C)C(C(=O)OC)C1.I. The molecule has 0 spiro atoms. The summed E-state index contributed by atoms with van der Waals surface area (Å²) in [6.07, 6.45) is 0. The van der Waals surface area contributed by atoms with Gasteiger partial charge in [-0.1, -0.05) is 31.2 Å². The van der Waals surface area contributed by atoms with Gasteiger partial charge < -0.3 is 19.7 Å². The molecule has 2 unspecified atom stereocenters. The number of benzene rings is 1. The molecule has 2 atom stereocenters. The minimum atomic E-state index is -0.138. The van der Waals surface area contributed by atoms with E-state index in [1.165, 1.54) is 18.2 Å². The van der Waals surface area contributed by atoms with Crippen LogP contribution in [0.4, 0.5) is 0 Å². The van der Waals surface area contributed by atoms with Crippen molar-refractivity contribution in [3.05, 3.63) is 35.4 Å². The number of nitrogens with zero attached hydrogens (tertiary/aromatic N) is 3. The highest BCUT2D eigenvalue weighted by molar-refractivity contribution is 14.0. The van der Waals surface area contributed by atoms with Crippen LogP contribution in [-0.2, 0) is 27.4 Å². The predicted octanol–water partition coefficient (Wildman–Crippen LogP) is 1.95. The molecule has 0 aromatic heterocycles. The number of aliphatic imine (C=N–C) groups is 1. The van der Waals surface area contributed by atoms with Gasteiger partial charge >= 0.3 is 5.97 Å². The molecule has 0 bridgehead atoms. The molecule has 2 aliphatic heterocycles. The van der Waals surface area contributed by atoms with Crippen molar-refractivity contribution in [3.63, 3.8) is 0 Å². The van der Waals surface area contributed by atoms with Crippen molar-refractivity contribution in [2.45, 2.75) is 20.0 Å². The van der Waals surface area contributed by atoms with Crippen LogP contribution in [0.15, 0.2) is 29.3 Å². The van der Waals surface area contributed by atoms with Crippen LogP contribution in [0.3, 0.4) is 0 Å². The van der Waals surface area contributed by atoms with Crippen LogP contribution >= 0.6 is 24.0 Å². The van der Waals surface area contributed by atoms with Crippen molar-refractivity contribution in [2.75, 3.05) is 53.6 Å². The molecule has 2 saturated heterocycles. The normalized spacial score (nSPS) is 22.9. The van der Waals surface area contributed by atoms with E-state index in [0.29, 0.717) is 13.1 Å². The molecule has 2 heterocycles. The van der Waals surface area contributed by atoms with Gasteiger partial charge in [-0.3, -0.25) is 14.7 Å². The zero-order valence-electron chi connectivity index (χ0n) is 17.6. The van der Waals surface area contributed by atoms with Gasteiger partial charge in [-0.25, -0.2) is 0 Å². The van der Waals surface area contributed by atoms with E-state index in [1.54, 1.807) is 7.05 Å². The van der Waals surface area contributed by atoms with Crippen molar-refractivity contribution in [3.8, 4) is 0 Å². The average Bonchev–Trinajstić information content (AvgIpc) is 3.11. The number of esters is 1. The smallest absolute Gasteiger partial charge is 0.310 e. The summed E-state index contributed by atoms with van der Waals surface area (Å²) in [5.74, 6) is 0.852. The highest BCUT2D eigenvalue weighted by Crippen LogP contribution is 2.24. The van der Waals surface area contributed by atoms with Gasteiger partial charge in [-0.2, -0.15) is 0 Å². The summed E-state index contributed by atoms with van der Waals surface area (Å²) < 4.78 is 10.3. The first-order chi connectivity index (χ1) is 13.6. The third-order valence-electron chi connectivity index (χ3n) is 5.61. The zero-order valence-corrected chi connectivity index (χ0v) is 19.9. The predicted molar refractivity (Wildman–Crippen MR) is 124 cm³/mol. The first-order valence-corrected chi connectivity index (χ1v) is 10.0. The third kappa shape index (κ3) is 6.55. The molecular weight excluding hydrogens is 483 g/mol. The van der Waals surface area contributed by atoms with Gasteiger partial charge in [0.15, 0.2) is 5.96 Å². The first-order valence-electron chi connectivity index (χ1n) is 10.0. The Bertz CT molecular complexity index is 677. The minimum absolute atomic E-state index is 0. The summed E-state index contributed by atoms with van der Waals surface area (Å²) in [5, 5.41) is 3.42. The van der Waals surface area contributed by atoms with Gasteiger partial charge in [-0.15, -0.1) is 24.0 Å². The maximum Gasteiger partial charge on any atom is 0.310 e. The van der Waals surface area contributed by atoms with Gasteiger partial charge in [0.05, 0.1) is 26.2 Å². The molecule has 0 amide bonds. The molecule has 3 rings (SSSR count). The number of likely N-dealkylation sites (tertiary alicyclic amines) is 1. The van der Waals surface area contributed by atoms with E-state index in [0.717, 1.165) is 45.4 Å². The number of hydrogen-bond acceptors (Lipinski definition) is 5. The first kappa shape index (κ1) is 23.9. The fraction of sp³-hybridized carbons (Fsp3) is 0.619.